The van der Waals surface area contributed by atoms with Gasteiger partial charge in [-0.15, -0.1) is 0 Å². The Balaban J connectivity index is 1.62. The topological polar surface area (TPSA) is 6.48 Å². The minimum Gasteiger partial charge on any atom is -0.321 e. The molecule has 2 aliphatic heterocycles. The summed E-state index contributed by atoms with van der Waals surface area (Å²) in [5, 5.41) is 0. The predicted molar refractivity (Wildman–Crippen MR) is 136 cm³/mol. The maximum atomic E-state index is 2.58. The van der Waals surface area contributed by atoms with Gasteiger partial charge in [0.2, 0.25) is 0 Å². The molecule has 0 radical (unpaired) electrons. The number of para-hydroxylation sites is 2. The van der Waals surface area contributed by atoms with Crippen molar-refractivity contribution in [2.24, 2.45) is 0 Å². The number of anilines is 4. The first kappa shape index (κ1) is 19.9. The molecule has 6 rings (SSSR count). The first-order valence-electron chi connectivity index (χ1n) is 12.0. The Labute approximate surface area is 192 Å². The lowest BCUT2D eigenvalue weighted by Crippen LogP contribution is -2.38. The molecule has 0 spiro atoms. The minimum atomic E-state index is -0.0312. The van der Waals surface area contributed by atoms with Gasteiger partial charge in [0.15, 0.2) is 0 Å². The highest BCUT2D eigenvalue weighted by Gasteiger charge is 2.45. The van der Waals surface area contributed by atoms with Crippen LogP contribution < -0.4 is 9.80 Å². The summed E-state index contributed by atoms with van der Waals surface area (Å²) in [4.78, 5) is 5.05. The van der Waals surface area contributed by atoms with E-state index in [0.717, 1.165) is 6.67 Å². The molecule has 0 fully saturated rings. The molecule has 2 heteroatoms. The van der Waals surface area contributed by atoms with Gasteiger partial charge in [0, 0.05) is 16.8 Å². The van der Waals surface area contributed by atoms with E-state index in [1.54, 1.807) is 11.1 Å². The summed E-state index contributed by atoms with van der Waals surface area (Å²) in [6.07, 6.45) is 2.49. The molecular formula is C30H34N2. The van der Waals surface area contributed by atoms with Gasteiger partial charge < -0.3 is 9.80 Å². The van der Waals surface area contributed by atoms with Crippen LogP contribution in [0.1, 0.15) is 76.6 Å². The smallest absolute Gasteiger partial charge is 0.100 e. The Morgan fingerprint density at radius 1 is 0.594 bits per heavy atom. The highest BCUT2D eigenvalue weighted by atomic mass is 15.4. The fourth-order valence-corrected chi connectivity index (χ4v) is 6.32. The zero-order valence-corrected chi connectivity index (χ0v) is 20.3. The third kappa shape index (κ3) is 2.53. The van der Waals surface area contributed by atoms with Crippen molar-refractivity contribution in [1.29, 1.82) is 0 Å². The quantitative estimate of drug-likeness (QED) is 0.393. The molecule has 0 saturated heterocycles. The normalized spacial score (nSPS) is 21.1. The third-order valence-corrected chi connectivity index (χ3v) is 8.53. The maximum absolute atomic E-state index is 2.58. The zero-order valence-electron chi connectivity index (χ0n) is 20.3. The van der Waals surface area contributed by atoms with Gasteiger partial charge in [0.05, 0.1) is 11.4 Å². The third-order valence-electron chi connectivity index (χ3n) is 8.53. The van der Waals surface area contributed by atoms with Crippen LogP contribution in [0.25, 0.3) is 0 Å². The summed E-state index contributed by atoms with van der Waals surface area (Å²) in [5.74, 6) is 0. The van der Waals surface area contributed by atoms with Crippen LogP contribution >= 0.6 is 0 Å². The molecule has 0 amide bonds. The maximum Gasteiger partial charge on any atom is 0.100 e. The molecule has 2 heterocycles. The van der Waals surface area contributed by atoms with Crippen LogP contribution in [0.5, 0.6) is 0 Å². The van der Waals surface area contributed by atoms with Crippen molar-refractivity contribution in [1.82, 2.24) is 0 Å². The van der Waals surface area contributed by atoms with Crippen molar-refractivity contribution < 1.29 is 0 Å². The van der Waals surface area contributed by atoms with Gasteiger partial charge in [-0.05, 0) is 70.2 Å². The van der Waals surface area contributed by atoms with E-state index in [1.807, 2.05) is 0 Å². The van der Waals surface area contributed by atoms with Gasteiger partial charge in [-0.2, -0.15) is 0 Å². The van der Waals surface area contributed by atoms with Crippen molar-refractivity contribution in [3.63, 3.8) is 0 Å². The Hall–Kier alpha value is -2.74. The Morgan fingerprint density at radius 3 is 1.94 bits per heavy atom. The molecule has 0 N–H and O–H groups in total. The van der Waals surface area contributed by atoms with Crippen LogP contribution in [0.4, 0.5) is 22.7 Å². The molecule has 0 saturated carbocycles. The first-order chi connectivity index (χ1) is 15.1. The summed E-state index contributed by atoms with van der Waals surface area (Å²) in [7, 11) is 0. The molecule has 3 aromatic rings. The number of fused-ring (bicyclic) bond motifs is 3. The Bertz CT molecular complexity index is 1230. The molecule has 0 aromatic heterocycles. The van der Waals surface area contributed by atoms with Crippen molar-refractivity contribution in [2.75, 3.05) is 16.5 Å². The number of hydrogen-bond donors (Lipinski definition) is 0. The average Bonchev–Trinajstić information content (AvgIpc) is 3.16. The van der Waals surface area contributed by atoms with Crippen LogP contribution in [0.3, 0.4) is 0 Å². The zero-order chi connectivity index (χ0) is 22.5. The van der Waals surface area contributed by atoms with Crippen LogP contribution in [-0.4, -0.2) is 6.67 Å². The van der Waals surface area contributed by atoms with Crippen molar-refractivity contribution in [3.8, 4) is 0 Å². The summed E-state index contributed by atoms with van der Waals surface area (Å²) in [6, 6.07) is 22.8. The number of hydrogen-bond acceptors (Lipinski definition) is 2. The second kappa shape index (κ2) is 6.19. The standard InChI is InChI=1S/C30H34N2/c1-28(2)15-16-29(3,4)23-18-26-24(17-22(23)28)30(5,6)21-13-10-14-25-27(21)32(26)19-31(25)20-11-8-7-9-12-20/h7-14,17-18H,15-16,19H2,1-6H3. The van der Waals surface area contributed by atoms with Crippen molar-refractivity contribution in [3.05, 3.63) is 82.9 Å². The average molecular weight is 423 g/mol. The van der Waals surface area contributed by atoms with E-state index >= 15 is 0 Å². The van der Waals surface area contributed by atoms with Gasteiger partial charge in [-0.1, -0.05) is 77.9 Å². The van der Waals surface area contributed by atoms with Gasteiger partial charge in [0.1, 0.15) is 6.67 Å². The first-order valence-corrected chi connectivity index (χ1v) is 12.0. The molecule has 0 atom stereocenters. The SMILES string of the molecule is CC1(C)CCC(C)(C)c2cc3c(cc21)N1CN(c2ccccc2)c2cccc(c21)C3(C)C. The predicted octanol–water partition coefficient (Wildman–Crippen LogP) is 7.92. The second-order valence-corrected chi connectivity index (χ2v) is 11.8. The summed E-state index contributed by atoms with van der Waals surface area (Å²) in [5.41, 5.74) is 11.8. The van der Waals surface area contributed by atoms with Crippen molar-refractivity contribution >= 4 is 22.7 Å². The number of benzene rings is 3. The van der Waals surface area contributed by atoms with E-state index in [9.17, 15) is 0 Å². The number of rotatable bonds is 1. The van der Waals surface area contributed by atoms with E-state index in [-0.39, 0.29) is 16.2 Å². The van der Waals surface area contributed by atoms with E-state index < -0.39 is 0 Å². The Kier molecular flexibility index (Phi) is 3.85. The van der Waals surface area contributed by atoms with Crippen LogP contribution in [0, 0.1) is 0 Å². The lowest BCUT2D eigenvalue weighted by atomic mass is 9.61. The monoisotopic (exact) mass is 422 g/mol. The van der Waals surface area contributed by atoms with Gasteiger partial charge in [0.25, 0.3) is 0 Å². The molecule has 0 bridgehead atoms. The molecule has 164 valence electrons. The lowest BCUT2D eigenvalue weighted by molar-refractivity contribution is 0.331. The van der Waals surface area contributed by atoms with Crippen LogP contribution in [-0.2, 0) is 16.2 Å². The highest BCUT2D eigenvalue weighted by molar-refractivity contribution is 5.93. The fourth-order valence-electron chi connectivity index (χ4n) is 6.32. The van der Waals surface area contributed by atoms with Gasteiger partial charge in [-0.25, -0.2) is 0 Å². The number of nitrogens with zero attached hydrogens (tertiary/aromatic N) is 2. The molecular weight excluding hydrogens is 388 g/mol. The van der Waals surface area contributed by atoms with Crippen LogP contribution in [0.2, 0.25) is 0 Å². The van der Waals surface area contributed by atoms with E-state index in [4.69, 9.17) is 0 Å². The molecule has 1 aliphatic carbocycles. The van der Waals surface area contributed by atoms with E-state index in [2.05, 4.69) is 112 Å². The highest BCUT2D eigenvalue weighted by Crippen LogP contribution is 2.58. The van der Waals surface area contributed by atoms with Gasteiger partial charge >= 0.3 is 0 Å². The minimum absolute atomic E-state index is 0.0312. The summed E-state index contributed by atoms with van der Waals surface area (Å²) >= 11 is 0. The van der Waals surface area contributed by atoms with E-state index in [0.29, 0.717) is 0 Å². The van der Waals surface area contributed by atoms with Gasteiger partial charge in [-0.3, -0.25) is 0 Å². The fraction of sp³-hybridized carbons (Fsp3) is 0.400. The molecule has 3 aliphatic rings. The largest absolute Gasteiger partial charge is 0.321 e. The van der Waals surface area contributed by atoms with Crippen LogP contribution in [0.15, 0.2) is 60.7 Å². The molecule has 32 heavy (non-hydrogen) atoms. The summed E-state index contributed by atoms with van der Waals surface area (Å²) < 4.78 is 0. The lowest BCUT2D eigenvalue weighted by Gasteiger charge is -2.46. The molecule has 3 aromatic carbocycles. The van der Waals surface area contributed by atoms with Crippen molar-refractivity contribution in [2.45, 2.75) is 70.6 Å². The Morgan fingerprint density at radius 2 is 1.25 bits per heavy atom. The summed E-state index contributed by atoms with van der Waals surface area (Å²) in [6.45, 7) is 15.4. The second-order valence-electron chi connectivity index (χ2n) is 11.8. The van der Waals surface area contributed by atoms with E-state index in [1.165, 1.54) is 46.7 Å². The molecule has 2 nitrogen and oxygen atoms in total. The molecule has 0 unspecified atom stereocenters.